The molecule has 0 saturated heterocycles. The number of nitrogens with two attached hydrogens (primary N) is 1. The molecule has 22 heavy (non-hydrogen) atoms. The summed E-state index contributed by atoms with van der Waals surface area (Å²) in [5.74, 6) is 0.212. The summed E-state index contributed by atoms with van der Waals surface area (Å²) in [4.78, 5) is 10.6. The highest BCUT2D eigenvalue weighted by Crippen LogP contribution is 2.34. The summed E-state index contributed by atoms with van der Waals surface area (Å²) in [6, 6.07) is 9.17. The van der Waals surface area contributed by atoms with Crippen LogP contribution in [0.25, 0.3) is 0 Å². The van der Waals surface area contributed by atoms with E-state index in [2.05, 4.69) is 4.74 Å². The molecule has 0 saturated carbocycles. The standard InChI is InChI=1S/C16H16FNO4/c1-3-10-4-6-14(15(8-10)20-2)22-13-7-5-11(9-12(13)17)21-16(18)19/h4-9H,3H2,1-2H3,(H2,18,19). The Labute approximate surface area is 127 Å². The summed E-state index contributed by atoms with van der Waals surface area (Å²) >= 11 is 0. The molecule has 2 N–H and O–H groups in total. The molecule has 0 spiro atoms. The highest BCUT2D eigenvalue weighted by atomic mass is 19.1. The molecule has 2 aromatic carbocycles. The Bertz CT molecular complexity index is 688. The molecule has 5 nitrogen and oxygen atoms in total. The van der Waals surface area contributed by atoms with Crippen LogP contribution in [0.2, 0.25) is 0 Å². The van der Waals surface area contributed by atoms with E-state index in [1.165, 1.54) is 19.2 Å². The summed E-state index contributed by atoms with van der Waals surface area (Å²) < 4.78 is 29.3. The normalized spacial score (nSPS) is 10.1. The van der Waals surface area contributed by atoms with E-state index in [-0.39, 0.29) is 11.5 Å². The first-order valence-corrected chi connectivity index (χ1v) is 6.65. The number of methoxy groups -OCH3 is 1. The van der Waals surface area contributed by atoms with Gasteiger partial charge in [-0.1, -0.05) is 13.0 Å². The molecule has 0 unspecified atom stereocenters. The number of hydrogen-bond acceptors (Lipinski definition) is 4. The van der Waals surface area contributed by atoms with Crippen LogP contribution in [0.4, 0.5) is 9.18 Å². The van der Waals surface area contributed by atoms with Crippen molar-refractivity contribution >= 4 is 6.09 Å². The van der Waals surface area contributed by atoms with Crippen LogP contribution in [0.5, 0.6) is 23.0 Å². The molecule has 0 aliphatic carbocycles. The van der Waals surface area contributed by atoms with Crippen LogP contribution >= 0.6 is 0 Å². The van der Waals surface area contributed by atoms with E-state index in [1.807, 2.05) is 19.1 Å². The first-order chi connectivity index (χ1) is 10.5. The maximum Gasteiger partial charge on any atom is 0.409 e. The third kappa shape index (κ3) is 3.66. The number of halogens is 1. The van der Waals surface area contributed by atoms with E-state index < -0.39 is 11.9 Å². The van der Waals surface area contributed by atoms with Gasteiger partial charge in [-0.2, -0.15) is 0 Å². The van der Waals surface area contributed by atoms with Gasteiger partial charge >= 0.3 is 6.09 Å². The fourth-order valence-corrected chi connectivity index (χ4v) is 1.88. The first-order valence-electron chi connectivity index (χ1n) is 6.65. The lowest BCUT2D eigenvalue weighted by molar-refractivity contribution is 0.210. The van der Waals surface area contributed by atoms with Crippen LogP contribution < -0.4 is 19.9 Å². The third-order valence-electron chi connectivity index (χ3n) is 2.98. The van der Waals surface area contributed by atoms with Gasteiger partial charge in [0.2, 0.25) is 0 Å². The molecule has 0 atom stereocenters. The summed E-state index contributed by atoms with van der Waals surface area (Å²) in [5.41, 5.74) is 5.95. The Morgan fingerprint density at radius 1 is 1.14 bits per heavy atom. The molecule has 0 aromatic heterocycles. The number of carbonyl (C=O) groups excluding carboxylic acids is 1. The molecular weight excluding hydrogens is 289 g/mol. The zero-order chi connectivity index (χ0) is 16.1. The maximum absolute atomic E-state index is 14.0. The Morgan fingerprint density at radius 2 is 1.86 bits per heavy atom. The molecule has 2 aromatic rings. The van der Waals surface area contributed by atoms with Gasteiger partial charge in [0.25, 0.3) is 0 Å². The van der Waals surface area contributed by atoms with Crippen molar-refractivity contribution in [1.82, 2.24) is 0 Å². The van der Waals surface area contributed by atoms with E-state index in [4.69, 9.17) is 15.2 Å². The van der Waals surface area contributed by atoms with Crippen LogP contribution in [-0.2, 0) is 6.42 Å². The Morgan fingerprint density at radius 3 is 2.45 bits per heavy atom. The minimum absolute atomic E-state index is 0.00523. The molecule has 0 aliphatic heterocycles. The first kappa shape index (κ1) is 15.6. The molecule has 116 valence electrons. The summed E-state index contributed by atoms with van der Waals surface area (Å²) in [5, 5.41) is 0. The van der Waals surface area contributed by atoms with Gasteiger partial charge in [-0.25, -0.2) is 9.18 Å². The largest absolute Gasteiger partial charge is 0.493 e. The molecule has 0 heterocycles. The van der Waals surface area contributed by atoms with Crippen molar-refractivity contribution in [3.05, 3.63) is 47.8 Å². The van der Waals surface area contributed by atoms with Crippen molar-refractivity contribution < 1.29 is 23.4 Å². The zero-order valence-corrected chi connectivity index (χ0v) is 12.3. The van der Waals surface area contributed by atoms with Gasteiger partial charge in [-0.15, -0.1) is 0 Å². The number of primary amides is 1. The smallest absolute Gasteiger partial charge is 0.409 e. The van der Waals surface area contributed by atoms with Gasteiger partial charge in [-0.05, 0) is 36.2 Å². The van der Waals surface area contributed by atoms with Crippen molar-refractivity contribution in [3.8, 4) is 23.0 Å². The summed E-state index contributed by atoms with van der Waals surface area (Å²) in [7, 11) is 1.52. The minimum atomic E-state index is -1.01. The zero-order valence-electron chi connectivity index (χ0n) is 12.3. The number of hydrogen-bond donors (Lipinski definition) is 1. The van der Waals surface area contributed by atoms with Crippen molar-refractivity contribution in [3.63, 3.8) is 0 Å². The SMILES string of the molecule is CCc1ccc(Oc2ccc(OC(N)=O)cc2F)c(OC)c1. The van der Waals surface area contributed by atoms with Crippen molar-refractivity contribution in [2.75, 3.05) is 7.11 Å². The number of carbonyl (C=O) groups is 1. The number of ether oxygens (including phenoxy) is 3. The van der Waals surface area contributed by atoms with Gasteiger partial charge in [0, 0.05) is 6.07 Å². The average molecular weight is 305 g/mol. The Kier molecular flexibility index (Phi) is 4.83. The van der Waals surface area contributed by atoms with Crippen LogP contribution in [0.1, 0.15) is 12.5 Å². The van der Waals surface area contributed by atoms with Crippen molar-refractivity contribution in [2.24, 2.45) is 5.73 Å². The fourth-order valence-electron chi connectivity index (χ4n) is 1.88. The van der Waals surface area contributed by atoms with Gasteiger partial charge in [-0.3, -0.25) is 0 Å². The van der Waals surface area contributed by atoms with Crippen LogP contribution in [0.15, 0.2) is 36.4 Å². The van der Waals surface area contributed by atoms with E-state index in [0.29, 0.717) is 11.5 Å². The molecule has 0 fully saturated rings. The molecule has 0 radical (unpaired) electrons. The predicted octanol–water partition coefficient (Wildman–Crippen LogP) is 3.65. The van der Waals surface area contributed by atoms with E-state index in [9.17, 15) is 9.18 Å². The van der Waals surface area contributed by atoms with Crippen LogP contribution in [0, 0.1) is 5.82 Å². The van der Waals surface area contributed by atoms with Gasteiger partial charge in [0.05, 0.1) is 7.11 Å². The van der Waals surface area contributed by atoms with Crippen molar-refractivity contribution in [1.29, 1.82) is 0 Å². The average Bonchev–Trinajstić information content (AvgIpc) is 2.49. The third-order valence-corrected chi connectivity index (χ3v) is 2.98. The molecule has 2 rings (SSSR count). The monoisotopic (exact) mass is 305 g/mol. The van der Waals surface area contributed by atoms with Crippen LogP contribution in [0.3, 0.4) is 0 Å². The molecule has 0 aliphatic rings. The highest BCUT2D eigenvalue weighted by Gasteiger charge is 2.11. The number of benzene rings is 2. The lowest BCUT2D eigenvalue weighted by Gasteiger charge is -2.12. The number of aryl methyl sites for hydroxylation is 1. The van der Waals surface area contributed by atoms with Gasteiger partial charge < -0.3 is 19.9 Å². The Balaban J connectivity index is 2.25. The molecule has 1 amide bonds. The second-order valence-corrected chi connectivity index (χ2v) is 4.45. The topological polar surface area (TPSA) is 70.8 Å². The molecule has 6 heteroatoms. The molecular formula is C16H16FNO4. The predicted molar refractivity (Wildman–Crippen MR) is 79.1 cm³/mol. The summed E-state index contributed by atoms with van der Waals surface area (Å²) in [6.45, 7) is 2.02. The van der Waals surface area contributed by atoms with Gasteiger partial charge in [0.1, 0.15) is 5.75 Å². The number of rotatable bonds is 5. The quantitative estimate of drug-likeness (QED) is 0.915. The molecule has 0 bridgehead atoms. The Hall–Kier alpha value is -2.76. The van der Waals surface area contributed by atoms with E-state index >= 15 is 0 Å². The van der Waals surface area contributed by atoms with E-state index in [1.54, 1.807) is 6.07 Å². The highest BCUT2D eigenvalue weighted by molar-refractivity contribution is 5.68. The fraction of sp³-hybridized carbons (Fsp3) is 0.188. The lowest BCUT2D eigenvalue weighted by Crippen LogP contribution is -2.16. The van der Waals surface area contributed by atoms with E-state index in [0.717, 1.165) is 18.1 Å². The van der Waals surface area contributed by atoms with Crippen LogP contribution in [-0.4, -0.2) is 13.2 Å². The minimum Gasteiger partial charge on any atom is -0.493 e. The summed E-state index contributed by atoms with van der Waals surface area (Å²) in [6.07, 6.45) is -0.158. The number of amides is 1. The van der Waals surface area contributed by atoms with Gasteiger partial charge in [0.15, 0.2) is 23.1 Å². The van der Waals surface area contributed by atoms with Crippen molar-refractivity contribution in [2.45, 2.75) is 13.3 Å². The second-order valence-electron chi connectivity index (χ2n) is 4.45. The maximum atomic E-state index is 14.0. The lowest BCUT2D eigenvalue weighted by atomic mass is 10.1. The second kappa shape index (κ2) is 6.80.